The van der Waals surface area contributed by atoms with E-state index in [0.29, 0.717) is 13.1 Å². The largest absolute Gasteiger partial charge is 0.369 e. The van der Waals surface area contributed by atoms with Gasteiger partial charge >= 0.3 is 0 Å². The third-order valence-electron chi connectivity index (χ3n) is 2.58. The number of rotatable bonds is 1. The zero-order chi connectivity index (χ0) is 10.9. The Morgan fingerprint density at radius 1 is 1.33 bits per heavy atom. The van der Waals surface area contributed by atoms with Crippen molar-refractivity contribution in [3.8, 4) is 0 Å². The van der Waals surface area contributed by atoms with Crippen LogP contribution in [0.15, 0.2) is 22.9 Å². The first kappa shape index (κ1) is 10.8. The smallest absolute Gasteiger partial charge is 0.251 e. The van der Waals surface area contributed by atoms with E-state index in [2.05, 4.69) is 20.9 Å². The number of hydrogen-bond acceptors (Lipinski definition) is 2. The molecular formula is C10H11BrF2N2. The third-order valence-corrected chi connectivity index (χ3v) is 3.19. The number of piperidine rings is 1. The quantitative estimate of drug-likeness (QED) is 0.733. The fourth-order valence-corrected chi connectivity index (χ4v) is 2.19. The maximum atomic E-state index is 12.9. The van der Waals surface area contributed by atoms with E-state index < -0.39 is 5.92 Å². The zero-order valence-electron chi connectivity index (χ0n) is 8.09. The van der Waals surface area contributed by atoms with Crippen molar-refractivity contribution in [2.24, 2.45) is 0 Å². The molecule has 1 saturated heterocycles. The van der Waals surface area contributed by atoms with Crippen molar-refractivity contribution >= 4 is 21.6 Å². The van der Waals surface area contributed by atoms with Crippen LogP contribution in [0, 0.1) is 0 Å². The Hall–Kier alpha value is -0.710. The molecule has 15 heavy (non-hydrogen) atoms. The number of hydrogen-bond donors (Lipinski definition) is 0. The van der Waals surface area contributed by atoms with Crippen molar-refractivity contribution in [3.63, 3.8) is 0 Å². The highest BCUT2D eigenvalue weighted by Gasteiger charge is 2.34. The SMILES string of the molecule is FC1(F)CCN(c2cccnc2Br)CC1. The summed E-state index contributed by atoms with van der Waals surface area (Å²) in [4.78, 5) is 6.02. The van der Waals surface area contributed by atoms with E-state index in [4.69, 9.17) is 0 Å². The molecule has 0 unspecified atom stereocenters. The number of pyridine rings is 1. The van der Waals surface area contributed by atoms with E-state index in [1.807, 2.05) is 17.0 Å². The van der Waals surface area contributed by atoms with Crippen LogP contribution in [0.25, 0.3) is 0 Å². The van der Waals surface area contributed by atoms with Gasteiger partial charge in [-0.05, 0) is 28.1 Å². The lowest BCUT2D eigenvalue weighted by atomic mass is 10.1. The van der Waals surface area contributed by atoms with Crippen molar-refractivity contribution in [1.82, 2.24) is 4.98 Å². The number of aromatic nitrogens is 1. The van der Waals surface area contributed by atoms with Gasteiger partial charge in [0.15, 0.2) is 0 Å². The van der Waals surface area contributed by atoms with E-state index in [1.165, 1.54) is 0 Å². The van der Waals surface area contributed by atoms with Gasteiger partial charge in [-0.1, -0.05) is 0 Å². The lowest BCUT2D eigenvalue weighted by molar-refractivity contribution is -0.0220. The lowest BCUT2D eigenvalue weighted by Crippen LogP contribution is -2.39. The Morgan fingerprint density at radius 3 is 2.60 bits per heavy atom. The maximum Gasteiger partial charge on any atom is 0.251 e. The molecule has 1 fully saturated rings. The summed E-state index contributed by atoms with van der Waals surface area (Å²) in [6, 6.07) is 3.70. The summed E-state index contributed by atoms with van der Waals surface area (Å²) in [5.41, 5.74) is 0.896. The Bertz CT molecular complexity index is 347. The molecule has 0 aromatic carbocycles. The number of anilines is 1. The molecule has 0 amide bonds. The summed E-state index contributed by atoms with van der Waals surface area (Å²) < 4.78 is 26.6. The van der Waals surface area contributed by atoms with Crippen LogP contribution >= 0.6 is 15.9 Å². The second kappa shape index (κ2) is 4.04. The van der Waals surface area contributed by atoms with Gasteiger partial charge in [0, 0.05) is 32.1 Å². The van der Waals surface area contributed by atoms with Crippen LogP contribution in [0.2, 0.25) is 0 Å². The molecule has 0 bridgehead atoms. The van der Waals surface area contributed by atoms with Crippen LogP contribution in [0.3, 0.4) is 0 Å². The zero-order valence-corrected chi connectivity index (χ0v) is 9.67. The van der Waals surface area contributed by atoms with Crippen molar-refractivity contribution in [3.05, 3.63) is 22.9 Å². The summed E-state index contributed by atoms with van der Waals surface area (Å²) in [6.45, 7) is 0.772. The van der Waals surface area contributed by atoms with Crippen molar-refractivity contribution in [2.75, 3.05) is 18.0 Å². The second-order valence-corrected chi connectivity index (χ2v) is 4.41. The normalized spacial score (nSPS) is 20.3. The Kier molecular flexibility index (Phi) is 2.91. The molecule has 0 N–H and O–H groups in total. The molecule has 5 heteroatoms. The van der Waals surface area contributed by atoms with Gasteiger partial charge in [0.25, 0.3) is 5.92 Å². The van der Waals surface area contributed by atoms with Crippen LogP contribution in [0.4, 0.5) is 14.5 Å². The van der Waals surface area contributed by atoms with E-state index in [0.717, 1.165) is 10.3 Å². The maximum absolute atomic E-state index is 12.9. The van der Waals surface area contributed by atoms with Crippen LogP contribution in [0.1, 0.15) is 12.8 Å². The summed E-state index contributed by atoms with van der Waals surface area (Å²) in [5.74, 6) is -2.49. The molecule has 1 aromatic rings. The standard InChI is InChI=1S/C10H11BrF2N2/c11-9-8(2-1-5-14-9)15-6-3-10(12,13)4-7-15/h1-2,5H,3-4,6-7H2. The predicted octanol–water partition coefficient (Wildman–Crippen LogP) is 3.08. The minimum Gasteiger partial charge on any atom is -0.369 e. The summed E-state index contributed by atoms with van der Waals surface area (Å²) >= 11 is 3.32. The number of halogens is 3. The average molecular weight is 277 g/mol. The lowest BCUT2D eigenvalue weighted by Gasteiger charge is -2.33. The Labute approximate surface area is 95.4 Å². The van der Waals surface area contributed by atoms with Gasteiger partial charge in [0.05, 0.1) is 5.69 Å². The van der Waals surface area contributed by atoms with E-state index in [1.54, 1.807) is 6.20 Å². The first-order valence-corrected chi connectivity index (χ1v) is 5.61. The summed E-state index contributed by atoms with van der Waals surface area (Å²) in [5, 5.41) is 0. The minimum atomic E-state index is -2.49. The Balaban J connectivity index is 2.11. The molecule has 1 aliphatic heterocycles. The van der Waals surface area contributed by atoms with Gasteiger partial charge in [-0.2, -0.15) is 0 Å². The average Bonchev–Trinajstić information content (AvgIpc) is 2.19. The molecule has 82 valence electrons. The molecule has 0 atom stereocenters. The first-order chi connectivity index (χ1) is 7.08. The second-order valence-electron chi connectivity index (χ2n) is 3.66. The molecule has 0 radical (unpaired) electrons. The molecule has 2 nitrogen and oxygen atoms in total. The van der Waals surface area contributed by atoms with Crippen LogP contribution in [-0.2, 0) is 0 Å². The summed E-state index contributed by atoms with van der Waals surface area (Å²) in [6.07, 6.45) is 1.52. The highest BCUT2D eigenvalue weighted by Crippen LogP contribution is 2.32. The Morgan fingerprint density at radius 2 is 2.00 bits per heavy atom. The monoisotopic (exact) mass is 276 g/mol. The topological polar surface area (TPSA) is 16.1 Å². The number of alkyl halides is 2. The molecule has 1 aromatic heterocycles. The molecule has 1 aliphatic rings. The minimum absolute atomic E-state index is 0.0751. The van der Waals surface area contributed by atoms with Crippen molar-refractivity contribution in [2.45, 2.75) is 18.8 Å². The number of nitrogens with zero attached hydrogens (tertiary/aromatic N) is 2. The van der Waals surface area contributed by atoms with Gasteiger partial charge in [0.1, 0.15) is 4.60 Å². The molecular weight excluding hydrogens is 266 g/mol. The van der Waals surface area contributed by atoms with E-state index in [-0.39, 0.29) is 12.8 Å². The van der Waals surface area contributed by atoms with Crippen molar-refractivity contribution < 1.29 is 8.78 Å². The van der Waals surface area contributed by atoms with E-state index in [9.17, 15) is 8.78 Å². The predicted molar refractivity (Wildman–Crippen MR) is 58.3 cm³/mol. The van der Waals surface area contributed by atoms with Gasteiger partial charge in [-0.3, -0.25) is 0 Å². The highest BCUT2D eigenvalue weighted by atomic mass is 79.9. The van der Waals surface area contributed by atoms with E-state index >= 15 is 0 Å². The molecule has 2 heterocycles. The van der Waals surface area contributed by atoms with Gasteiger partial charge in [0.2, 0.25) is 0 Å². The fourth-order valence-electron chi connectivity index (χ4n) is 1.69. The fraction of sp³-hybridized carbons (Fsp3) is 0.500. The third kappa shape index (κ3) is 2.45. The van der Waals surface area contributed by atoms with Crippen LogP contribution in [0.5, 0.6) is 0 Å². The van der Waals surface area contributed by atoms with Crippen LogP contribution in [-0.4, -0.2) is 24.0 Å². The summed E-state index contributed by atoms with van der Waals surface area (Å²) in [7, 11) is 0. The molecule has 0 spiro atoms. The van der Waals surface area contributed by atoms with Crippen molar-refractivity contribution in [1.29, 1.82) is 0 Å². The highest BCUT2D eigenvalue weighted by molar-refractivity contribution is 9.10. The molecule has 0 aliphatic carbocycles. The van der Waals surface area contributed by atoms with Crippen LogP contribution < -0.4 is 4.90 Å². The van der Waals surface area contributed by atoms with Gasteiger partial charge in [-0.15, -0.1) is 0 Å². The molecule has 0 saturated carbocycles. The van der Waals surface area contributed by atoms with Gasteiger partial charge < -0.3 is 4.90 Å². The first-order valence-electron chi connectivity index (χ1n) is 4.82. The van der Waals surface area contributed by atoms with Gasteiger partial charge in [-0.25, -0.2) is 13.8 Å². The molecule has 2 rings (SSSR count).